The summed E-state index contributed by atoms with van der Waals surface area (Å²) < 4.78 is 52.9. The van der Waals surface area contributed by atoms with E-state index in [9.17, 15) is 22.4 Å². The summed E-state index contributed by atoms with van der Waals surface area (Å²) in [4.78, 5) is 11.7. The van der Waals surface area contributed by atoms with Crippen LogP contribution in [0.1, 0.15) is 23.4 Å². The Morgan fingerprint density at radius 1 is 1.35 bits per heavy atom. The highest BCUT2D eigenvalue weighted by atomic mass is 19.4. The van der Waals surface area contributed by atoms with Crippen LogP contribution in [0.25, 0.3) is 0 Å². The average Bonchev–Trinajstić information content (AvgIpc) is 2.88. The second-order valence-electron chi connectivity index (χ2n) is 4.94. The van der Waals surface area contributed by atoms with Gasteiger partial charge in [-0.05, 0) is 18.2 Å². The van der Waals surface area contributed by atoms with E-state index in [1.165, 1.54) is 6.33 Å². The largest absolute Gasteiger partial charge is 0.416 e. The van der Waals surface area contributed by atoms with E-state index >= 15 is 0 Å². The number of alkyl halides is 3. The first-order chi connectivity index (χ1) is 10.8. The quantitative estimate of drug-likeness (QED) is 0.855. The smallest absolute Gasteiger partial charge is 0.352 e. The third kappa shape index (κ3) is 4.51. The number of benzene rings is 1. The van der Waals surface area contributed by atoms with Gasteiger partial charge in [-0.1, -0.05) is 0 Å². The lowest BCUT2D eigenvalue weighted by Crippen LogP contribution is -2.24. The zero-order valence-corrected chi connectivity index (χ0v) is 12.2. The Bertz CT molecular complexity index is 696. The lowest BCUT2D eigenvalue weighted by molar-refractivity contribution is -0.137. The highest BCUT2D eigenvalue weighted by Crippen LogP contribution is 2.30. The van der Waals surface area contributed by atoms with Gasteiger partial charge in [0.25, 0.3) is 0 Å². The van der Waals surface area contributed by atoms with Crippen LogP contribution >= 0.6 is 0 Å². The van der Waals surface area contributed by atoms with Crippen LogP contribution in [0, 0.1) is 5.82 Å². The highest BCUT2D eigenvalue weighted by Gasteiger charge is 2.31. The first-order valence-electron chi connectivity index (χ1n) is 6.72. The maximum atomic E-state index is 13.5. The summed E-state index contributed by atoms with van der Waals surface area (Å²) in [6, 6.07) is 2.09. The van der Waals surface area contributed by atoms with Gasteiger partial charge < -0.3 is 9.88 Å². The van der Waals surface area contributed by atoms with Gasteiger partial charge >= 0.3 is 6.18 Å². The zero-order valence-electron chi connectivity index (χ0n) is 12.2. The third-order valence-electron chi connectivity index (χ3n) is 3.23. The molecule has 0 aliphatic heterocycles. The second kappa shape index (κ2) is 6.76. The number of hydrogen-bond acceptors (Lipinski definition) is 3. The number of hydrogen-bond donors (Lipinski definition) is 1. The molecule has 0 fully saturated rings. The van der Waals surface area contributed by atoms with Crippen molar-refractivity contribution in [2.45, 2.75) is 25.6 Å². The number of nitrogens with zero attached hydrogens (tertiary/aromatic N) is 3. The van der Waals surface area contributed by atoms with Gasteiger partial charge in [-0.15, -0.1) is 10.2 Å². The van der Waals surface area contributed by atoms with Crippen molar-refractivity contribution >= 4 is 5.91 Å². The van der Waals surface area contributed by atoms with Crippen molar-refractivity contribution in [2.24, 2.45) is 7.05 Å². The Hall–Kier alpha value is -2.45. The van der Waals surface area contributed by atoms with E-state index in [-0.39, 0.29) is 18.5 Å². The number of rotatable bonds is 5. The zero-order chi connectivity index (χ0) is 17.0. The Morgan fingerprint density at radius 3 is 2.70 bits per heavy atom. The molecule has 0 atom stereocenters. The fourth-order valence-electron chi connectivity index (χ4n) is 1.93. The van der Waals surface area contributed by atoms with E-state index in [4.69, 9.17) is 0 Å². The van der Waals surface area contributed by atoms with Crippen molar-refractivity contribution in [3.63, 3.8) is 0 Å². The van der Waals surface area contributed by atoms with Gasteiger partial charge in [0, 0.05) is 32.0 Å². The molecule has 9 heteroatoms. The summed E-state index contributed by atoms with van der Waals surface area (Å²) in [6.07, 6.45) is -2.66. The monoisotopic (exact) mass is 330 g/mol. The average molecular weight is 330 g/mol. The summed E-state index contributed by atoms with van der Waals surface area (Å²) in [6.45, 7) is -0.312. The minimum Gasteiger partial charge on any atom is -0.352 e. The van der Waals surface area contributed by atoms with Gasteiger partial charge in [0.05, 0.1) is 5.56 Å². The maximum absolute atomic E-state index is 13.5. The van der Waals surface area contributed by atoms with Crippen LogP contribution < -0.4 is 5.32 Å². The van der Waals surface area contributed by atoms with Crippen LogP contribution in [-0.4, -0.2) is 20.7 Å². The number of aromatic nitrogens is 3. The molecular weight excluding hydrogens is 316 g/mol. The minimum absolute atomic E-state index is 0.0765. The molecule has 0 aliphatic rings. The Morgan fingerprint density at radius 2 is 2.09 bits per heavy atom. The van der Waals surface area contributed by atoms with E-state index in [2.05, 4.69) is 15.5 Å². The molecule has 0 unspecified atom stereocenters. The SMILES string of the molecule is Cn1cnnc1CCC(=O)NCc1cc(C(F)(F)F)ccc1F. The molecule has 0 aliphatic carbocycles. The summed E-state index contributed by atoms with van der Waals surface area (Å²) in [5.41, 5.74) is -1.17. The molecule has 124 valence electrons. The highest BCUT2D eigenvalue weighted by molar-refractivity contribution is 5.76. The van der Waals surface area contributed by atoms with Crippen molar-refractivity contribution in [1.29, 1.82) is 0 Å². The van der Waals surface area contributed by atoms with Crippen LogP contribution in [0.5, 0.6) is 0 Å². The Balaban J connectivity index is 1.92. The summed E-state index contributed by atoms with van der Waals surface area (Å²) >= 11 is 0. The molecule has 0 radical (unpaired) electrons. The molecular formula is C14H14F4N4O. The summed E-state index contributed by atoms with van der Waals surface area (Å²) in [5.74, 6) is -0.609. The standard InChI is InChI=1S/C14H14F4N4O/c1-22-8-20-21-12(22)4-5-13(23)19-7-9-6-10(14(16,17)18)2-3-11(9)15/h2-3,6,8H,4-5,7H2,1H3,(H,19,23). The van der Waals surface area contributed by atoms with Gasteiger partial charge in [-0.25, -0.2) is 4.39 Å². The molecule has 0 bridgehead atoms. The molecule has 0 spiro atoms. The second-order valence-corrected chi connectivity index (χ2v) is 4.94. The fraction of sp³-hybridized carbons (Fsp3) is 0.357. The van der Waals surface area contributed by atoms with Crippen LogP contribution in [-0.2, 0) is 31.0 Å². The predicted octanol–water partition coefficient (Wildman–Crippen LogP) is 2.22. The van der Waals surface area contributed by atoms with Gasteiger partial charge in [-0.2, -0.15) is 13.2 Å². The predicted molar refractivity (Wildman–Crippen MR) is 72.6 cm³/mol. The summed E-state index contributed by atoms with van der Waals surface area (Å²) in [5, 5.41) is 9.87. The third-order valence-corrected chi connectivity index (χ3v) is 3.23. The van der Waals surface area contributed by atoms with Gasteiger partial charge in [0.1, 0.15) is 18.0 Å². The first-order valence-corrected chi connectivity index (χ1v) is 6.72. The molecule has 0 saturated heterocycles. The number of carbonyl (C=O) groups is 1. The van der Waals surface area contributed by atoms with E-state index < -0.39 is 23.5 Å². The van der Waals surface area contributed by atoms with Crippen molar-refractivity contribution in [2.75, 3.05) is 0 Å². The minimum atomic E-state index is -4.56. The molecule has 1 aromatic heterocycles. The van der Waals surface area contributed by atoms with Crippen molar-refractivity contribution in [3.8, 4) is 0 Å². The summed E-state index contributed by atoms with van der Waals surface area (Å²) in [7, 11) is 1.73. The fourth-order valence-corrected chi connectivity index (χ4v) is 1.93. The van der Waals surface area contributed by atoms with Crippen LogP contribution in [0.3, 0.4) is 0 Å². The van der Waals surface area contributed by atoms with E-state index in [0.717, 1.165) is 6.07 Å². The molecule has 0 saturated carbocycles. The first kappa shape index (κ1) is 16.9. The van der Waals surface area contributed by atoms with Gasteiger partial charge in [0.2, 0.25) is 5.91 Å². The number of halogens is 4. The van der Waals surface area contributed by atoms with E-state index in [1.54, 1.807) is 11.6 Å². The molecule has 23 heavy (non-hydrogen) atoms. The number of aryl methyl sites for hydroxylation is 2. The molecule has 2 rings (SSSR count). The van der Waals surface area contributed by atoms with Crippen LogP contribution in [0.2, 0.25) is 0 Å². The van der Waals surface area contributed by atoms with Crippen LogP contribution in [0.15, 0.2) is 24.5 Å². The molecule has 1 amide bonds. The molecule has 1 aromatic carbocycles. The van der Waals surface area contributed by atoms with E-state index in [0.29, 0.717) is 24.4 Å². The molecule has 5 nitrogen and oxygen atoms in total. The van der Waals surface area contributed by atoms with Crippen LogP contribution in [0.4, 0.5) is 17.6 Å². The lowest BCUT2D eigenvalue weighted by Gasteiger charge is -2.10. The van der Waals surface area contributed by atoms with Crippen molar-refractivity contribution in [3.05, 3.63) is 47.3 Å². The topological polar surface area (TPSA) is 59.8 Å². The van der Waals surface area contributed by atoms with Crippen molar-refractivity contribution in [1.82, 2.24) is 20.1 Å². The number of nitrogens with one attached hydrogen (secondary N) is 1. The van der Waals surface area contributed by atoms with E-state index in [1.807, 2.05) is 0 Å². The number of carbonyl (C=O) groups excluding carboxylic acids is 1. The Kier molecular flexibility index (Phi) is 4.97. The van der Waals surface area contributed by atoms with Crippen molar-refractivity contribution < 1.29 is 22.4 Å². The van der Waals surface area contributed by atoms with Gasteiger partial charge in [0.15, 0.2) is 0 Å². The lowest BCUT2D eigenvalue weighted by atomic mass is 10.1. The Labute approximate surface area is 129 Å². The molecule has 2 aromatic rings. The molecule has 1 N–H and O–H groups in total. The number of amides is 1. The molecule has 1 heterocycles. The van der Waals surface area contributed by atoms with Gasteiger partial charge in [-0.3, -0.25) is 4.79 Å². The maximum Gasteiger partial charge on any atom is 0.416 e. The normalized spacial score (nSPS) is 11.5.